The first-order chi connectivity index (χ1) is 9.13. The van der Waals surface area contributed by atoms with Crippen LogP contribution in [0.1, 0.15) is 18.4 Å². The van der Waals surface area contributed by atoms with Gasteiger partial charge in [0, 0.05) is 30.4 Å². The van der Waals surface area contributed by atoms with E-state index < -0.39 is 0 Å². The Morgan fingerprint density at radius 2 is 2.11 bits per heavy atom. The normalized spacial score (nSPS) is 29.2. The van der Waals surface area contributed by atoms with Crippen LogP contribution in [0.25, 0.3) is 0 Å². The number of aryl methyl sites for hydroxylation is 1. The van der Waals surface area contributed by atoms with Gasteiger partial charge in [0.25, 0.3) is 5.69 Å². The molecule has 0 aromatic heterocycles. The van der Waals surface area contributed by atoms with Gasteiger partial charge in [0.1, 0.15) is 0 Å². The van der Waals surface area contributed by atoms with Crippen LogP contribution in [-0.4, -0.2) is 35.5 Å². The zero-order chi connectivity index (χ0) is 13.4. The Balaban J connectivity index is 1.75. The molecule has 4 rings (SSSR count). The standard InChI is InChI=1S/C14H19N3O2/c1-10-8-12(17(18)19)2-3-13(10)15-14-9-16-6-4-11(14)5-7-16/h2-3,8,11,14-15H,4-7,9H2,1H3. The lowest BCUT2D eigenvalue weighted by molar-refractivity contribution is -0.384. The Morgan fingerprint density at radius 1 is 1.37 bits per heavy atom. The van der Waals surface area contributed by atoms with Gasteiger partial charge in [0.05, 0.1) is 4.92 Å². The van der Waals surface area contributed by atoms with Crippen LogP contribution in [0.2, 0.25) is 0 Å². The third kappa shape index (κ3) is 2.42. The number of benzene rings is 1. The number of hydrogen-bond acceptors (Lipinski definition) is 4. The van der Waals surface area contributed by atoms with E-state index >= 15 is 0 Å². The molecule has 2 bridgehead atoms. The summed E-state index contributed by atoms with van der Waals surface area (Å²) in [7, 11) is 0. The average molecular weight is 261 g/mol. The molecule has 1 atom stereocenters. The number of hydrogen-bond donors (Lipinski definition) is 1. The SMILES string of the molecule is Cc1cc([N+](=O)[O-])ccc1NC1CN2CCC1CC2. The van der Waals surface area contributed by atoms with Crippen molar-refractivity contribution in [3.8, 4) is 0 Å². The van der Waals surface area contributed by atoms with Crippen molar-refractivity contribution in [3.63, 3.8) is 0 Å². The van der Waals surface area contributed by atoms with E-state index in [0.717, 1.165) is 23.7 Å². The second-order valence-corrected chi connectivity index (χ2v) is 5.65. The summed E-state index contributed by atoms with van der Waals surface area (Å²) in [4.78, 5) is 12.9. The van der Waals surface area contributed by atoms with Gasteiger partial charge in [-0.3, -0.25) is 10.1 Å². The predicted octanol–water partition coefficient (Wildman–Crippen LogP) is 2.41. The van der Waals surface area contributed by atoms with Gasteiger partial charge >= 0.3 is 0 Å². The number of rotatable bonds is 3. The first-order valence-electron chi connectivity index (χ1n) is 6.87. The van der Waals surface area contributed by atoms with Crippen molar-refractivity contribution in [2.45, 2.75) is 25.8 Å². The zero-order valence-electron chi connectivity index (χ0n) is 11.1. The Labute approximate surface area is 112 Å². The molecule has 5 nitrogen and oxygen atoms in total. The van der Waals surface area contributed by atoms with Gasteiger partial charge in [-0.25, -0.2) is 0 Å². The lowest BCUT2D eigenvalue weighted by Crippen LogP contribution is -2.53. The number of nitro benzene ring substituents is 1. The van der Waals surface area contributed by atoms with E-state index in [2.05, 4.69) is 10.2 Å². The molecule has 1 N–H and O–H groups in total. The second-order valence-electron chi connectivity index (χ2n) is 5.65. The molecule has 3 fully saturated rings. The van der Waals surface area contributed by atoms with E-state index in [0.29, 0.717) is 6.04 Å². The maximum Gasteiger partial charge on any atom is 0.269 e. The smallest absolute Gasteiger partial charge is 0.269 e. The molecule has 0 saturated carbocycles. The maximum atomic E-state index is 10.7. The van der Waals surface area contributed by atoms with Crippen LogP contribution in [0.15, 0.2) is 18.2 Å². The molecule has 3 heterocycles. The van der Waals surface area contributed by atoms with Crippen LogP contribution in [0.5, 0.6) is 0 Å². The highest BCUT2D eigenvalue weighted by Gasteiger charge is 2.34. The number of fused-ring (bicyclic) bond motifs is 3. The topological polar surface area (TPSA) is 58.4 Å². The summed E-state index contributed by atoms with van der Waals surface area (Å²) in [5, 5.41) is 14.3. The van der Waals surface area contributed by atoms with E-state index in [1.165, 1.54) is 25.9 Å². The molecule has 0 radical (unpaired) electrons. The summed E-state index contributed by atoms with van der Waals surface area (Å²) in [6.07, 6.45) is 2.54. The molecule has 5 heteroatoms. The summed E-state index contributed by atoms with van der Waals surface area (Å²) in [6, 6.07) is 5.55. The van der Waals surface area contributed by atoms with Crippen LogP contribution in [0, 0.1) is 23.0 Å². The Morgan fingerprint density at radius 3 is 2.63 bits per heavy atom. The molecule has 0 amide bonds. The highest BCUT2D eigenvalue weighted by atomic mass is 16.6. The van der Waals surface area contributed by atoms with Crippen LogP contribution < -0.4 is 5.32 Å². The summed E-state index contributed by atoms with van der Waals surface area (Å²) in [5.74, 6) is 0.750. The summed E-state index contributed by atoms with van der Waals surface area (Å²) >= 11 is 0. The van der Waals surface area contributed by atoms with Crippen LogP contribution in [0.3, 0.4) is 0 Å². The quantitative estimate of drug-likeness (QED) is 0.670. The molecule has 102 valence electrons. The molecule has 1 aromatic rings. The molecule has 0 aliphatic carbocycles. The van der Waals surface area contributed by atoms with E-state index in [1.807, 2.05) is 13.0 Å². The monoisotopic (exact) mass is 261 g/mol. The highest BCUT2D eigenvalue weighted by Crippen LogP contribution is 2.31. The van der Waals surface area contributed by atoms with Crippen LogP contribution >= 0.6 is 0 Å². The number of piperidine rings is 3. The number of nitrogens with zero attached hydrogens (tertiary/aromatic N) is 2. The fourth-order valence-corrected chi connectivity index (χ4v) is 3.25. The third-order valence-corrected chi connectivity index (χ3v) is 4.42. The first kappa shape index (κ1) is 12.4. The molecule has 3 aliphatic rings. The molecule has 3 aliphatic heterocycles. The molecule has 0 spiro atoms. The lowest BCUT2D eigenvalue weighted by atomic mass is 9.84. The average Bonchev–Trinajstić information content (AvgIpc) is 2.42. The molecular weight excluding hydrogens is 242 g/mol. The summed E-state index contributed by atoms with van der Waals surface area (Å²) < 4.78 is 0. The number of nitro groups is 1. The van der Waals surface area contributed by atoms with Crippen molar-refractivity contribution in [2.75, 3.05) is 25.0 Å². The number of anilines is 1. The van der Waals surface area contributed by atoms with E-state index in [-0.39, 0.29) is 10.6 Å². The van der Waals surface area contributed by atoms with Gasteiger partial charge < -0.3 is 10.2 Å². The highest BCUT2D eigenvalue weighted by molar-refractivity contribution is 5.56. The molecule has 3 saturated heterocycles. The largest absolute Gasteiger partial charge is 0.381 e. The van der Waals surface area contributed by atoms with Crippen molar-refractivity contribution in [1.82, 2.24) is 4.90 Å². The van der Waals surface area contributed by atoms with Crippen LogP contribution in [-0.2, 0) is 0 Å². The lowest BCUT2D eigenvalue weighted by Gasteiger charge is -2.45. The predicted molar refractivity (Wildman–Crippen MR) is 74.4 cm³/mol. The van der Waals surface area contributed by atoms with Gasteiger partial charge in [0.2, 0.25) is 0 Å². The third-order valence-electron chi connectivity index (χ3n) is 4.42. The molecule has 1 unspecified atom stereocenters. The van der Waals surface area contributed by atoms with Crippen molar-refractivity contribution < 1.29 is 4.92 Å². The van der Waals surface area contributed by atoms with Gasteiger partial charge in [-0.15, -0.1) is 0 Å². The Kier molecular flexibility index (Phi) is 3.14. The maximum absolute atomic E-state index is 10.7. The molecule has 19 heavy (non-hydrogen) atoms. The second kappa shape index (κ2) is 4.81. The van der Waals surface area contributed by atoms with Crippen molar-refractivity contribution in [2.24, 2.45) is 5.92 Å². The van der Waals surface area contributed by atoms with Crippen molar-refractivity contribution >= 4 is 11.4 Å². The van der Waals surface area contributed by atoms with Crippen molar-refractivity contribution in [3.05, 3.63) is 33.9 Å². The van der Waals surface area contributed by atoms with Gasteiger partial charge in [-0.05, 0) is 50.4 Å². The molecular formula is C14H19N3O2. The zero-order valence-corrected chi connectivity index (χ0v) is 11.1. The number of nitrogens with one attached hydrogen (secondary N) is 1. The summed E-state index contributed by atoms with van der Waals surface area (Å²) in [6.45, 7) is 5.47. The van der Waals surface area contributed by atoms with Gasteiger partial charge in [-0.2, -0.15) is 0 Å². The van der Waals surface area contributed by atoms with Gasteiger partial charge in [-0.1, -0.05) is 0 Å². The minimum Gasteiger partial charge on any atom is -0.381 e. The van der Waals surface area contributed by atoms with E-state index in [4.69, 9.17) is 0 Å². The van der Waals surface area contributed by atoms with Crippen LogP contribution in [0.4, 0.5) is 11.4 Å². The minimum absolute atomic E-state index is 0.164. The molecule has 1 aromatic carbocycles. The fourth-order valence-electron chi connectivity index (χ4n) is 3.25. The Bertz CT molecular complexity index is 495. The Hall–Kier alpha value is -1.62. The fraction of sp³-hybridized carbons (Fsp3) is 0.571. The van der Waals surface area contributed by atoms with Crippen molar-refractivity contribution in [1.29, 1.82) is 0 Å². The van der Waals surface area contributed by atoms with E-state index in [9.17, 15) is 10.1 Å². The number of non-ortho nitro benzene ring substituents is 1. The summed E-state index contributed by atoms with van der Waals surface area (Å²) in [5.41, 5.74) is 2.15. The first-order valence-corrected chi connectivity index (χ1v) is 6.87. The van der Waals surface area contributed by atoms with Gasteiger partial charge in [0.15, 0.2) is 0 Å². The van der Waals surface area contributed by atoms with E-state index in [1.54, 1.807) is 12.1 Å². The minimum atomic E-state index is -0.342.